The molecule has 0 spiro atoms. The fourth-order valence-electron chi connectivity index (χ4n) is 11.4. The molecular weight excluding hydrogens is 462 g/mol. The Morgan fingerprint density at radius 1 is 0.973 bits per heavy atom. The molecule has 5 heteroatoms. The molecular formula is C32H49NO4. The lowest BCUT2D eigenvalue weighted by Crippen LogP contribution is -2.69. The number of rotatable bonds is 2. The summed E-state index contributed by atoms with van der Waals surface area (Å²) in [6, 6.07) is 2.32. The molecule has 0 amide bonds. The van der Waals surface area contributed by atoms with Crippen LogP contribution in [0.5, 0.6) is 0 Å². The number of nitrogens with zero attached hydrogens (tertiary/aromatic N) is 1. The molecule has 0 saturated heterocycles. The van der Waals surface area contributed by atoms with Gasteiger partial charge in [-0.1, -0.05) is 48.5 Å². The van der Waals surface area contributed by atoms with Crippen LogP contribution >= 0.6 is 0 Å². The molecule has 0 aromatic carbocycles. The first-order valence-electron chi connectivity index (χ1n) is 14.7. The summed E-state index contributed by atoms with van der Waals surface area (Å²) in [5, 5.41) is 42.3. The van der Waals surface area contributed by atoms with Gasteiger partial charge in [-0.15, -0.1) is 0 Å². The number of hydrogen-bond donors (Lipinski definition) is 3. The minimum atomic E-state index is -0.782. The van der Waals surface area contributed by atoms with Gasteiger partial charge < -0.3 is 15.3 Å². The van der Waals surface area contributed by atoms with Crippen LogP contribution in [-0.2, 0) is 4.79 Å². The van der Waals surface area contributed by atoms with E-state index in [0.717, 1.165) is 44.9 Å². The summed E-state index contributed by atoms with van der Waals surface area (Å²) >= 11 is 0. The molecule has 5 aliphatic carbocycles. The van der Waals surface area contributed by atoms with Gasteiger partial charge in [0.15, 0.2) is 0 Å². The molecule has 5 aliphatic rings. The van der Waals surface area contributed by atoms with Crippen molar-refractivity contribution < 1.29 is 20.1 Å². The Labute approximate surface area is 223 Å². The van der Waals surface area contributed by atoms with Crippen molar-refractivity contribution in [1.82, 2.24) is 0 Å². The summed E-state index contributed by atoms with van der Waals surface area (Å²) in [6.45, 7) is 15.6. The van der Waals surface area contributed by atoms with Gasteiger partial charge in [-0.05, 0) is 90.8 Å². The minimum absolute atomic E-state index is 0.0711. The second kappa shape index (κ2) is 8.07. The van der Waals surface area contributed by atoms with Gasteiger partial charge in [0, 0.05) is 23.2 Å². The fraction of sp³-hybridized carbons (Fsp3) is 0.875. The van der Waals surface area contributed by atoms with E-state index in [0.29, 0.717) is 24.2 Å². The Morgan fingerprint density at radius 3 is 2.24 bits per heavy atom. The highest BCUT2D eigenvalue weighted by Crippen LogP contribution is 2.76. The van der Waals surface area contributed by atoms with Gasteiger partial charge >= 0.3 is 0 Å². The average Bonchev–Trinajstić information content (AvgIpc) is 2.82. The van der Waals surface area contributed by atoms with Crippen LogP contribution in [0.2, 0.25) is 0 Å². The first kappa shape index (κ1) is 27.2. The van der Waals surface area contributed by atoms with E-state index in [4.69, 9.17) is 0 Å². The first-order valence-corrected chi connectivity index (χ1v) is 14.7. The topological polar surface area (TPSA) is 102 Å². The molecule has 0 aromatic heterocycles. The highest BCUT2D eigenvalue weighted by Gasteiger charge is 2.72. The molecule has 0 aromatic rings. The van der Waals surface area contributed by atoms with Crippen molar-refractivity contribution in [2.75, 3.05) is 6.61 Å². The lowest BCUT2D eigenvalue weighted by molar-refractivity contribution is -0.243. The van der Waals surface area contributed by atoms with Crippen LogP contribution in [0, 0.1) is 67.5 Å². The smallest absolute Gasteiger partial charge is 0.137 e. The number of carbonyl (C=O) groups excluding carboxylic acids is 1. The summed E-state index contributed by atoms with van der Waals surface area (Å²) in [6.07, 6.45) is 6.82. The van der Waals surface area contributed by atoms with E-state index in [-0.39, 0.29) is 63.1 Å². The molecule has 206 valence electrons. The molecule has 0 radical (unpaired) electrons. The van der Waals surface area contributed by atoms with E-state index in [1.54, 1.807) is 0 Å². The summed E-state index contributed by atoms with van der Waals surface area (Å²) in [7, 11) is 0. The van der Waals surface area contributed by atoms with Gasteiger partial charge in [0.05, 0.1) is 24.4 Å². The number of fused-ring (bicyclic) bond motifs is 7. The standard InChI is InChI=1S/C32H49NO4/c1-27(2)10-12-32(24(36)18-34)13-11-31(7)25(20(32)16-27)21(35)14-23-29(5)15-19(17-33)26(37)28(3,4)22(29)8-9-30(23,31)6/h20,22-25,34,36-37H,8-16,18H2,1-7H3/t20?,22?,23?,24?,25?,29?,30?,31-,32?/m1/s1. The van der Waals surface area contributed by atoms with Crippen LogP contribution in [0.4, 0.5) is 0 Å². The van der Waals surface area contributed by atoms with Crippen molar-refractivity contribution in [2.45, 2.75) is 112 Å². The maximum Gasteiger partial charge on any atom is 0.137 e. The summed E-state index contributed by atoms with van der Waals surface area (Å²) in [4.78, 5) is 14.5. The van der Waals surface area contributed by atoms with E-state index in [1.807, 2.05) is 0 Å². The molecule has 0 bridgehead atoms. The molecule has 5 nitrogen and oxygen atoms in total. The number of nitriles is 1. The van der Waals surface area contributed by atoms with Gasteiger partial charge in [0.25, 0.3) is 0 Å². The van der Waals surface area contributed by atoms with Crippen molar-refractivity contribution in [3.8, 4) is 6.07 Å². The van der Waals surface area contributed by atoms with Crippen LogP contribution in [0.25, 0.3) is 0 Å². The number of ketones is 1. The van der Waals surface area contributed by atoms with Crippen LogP contribution in [0.1, 0.15) is 106 Å². The molecule has 5 rings (SSSR count). The number of aliphatic hydroxyl groups excluding tert-OH is 3. The molecule has 4 fully saturated rings. The molecule has 3 N–H and O–H groups in total. The van der Waals surface area contributed by atoms with Crippen molar-refractivity contribution in [1.29, 1.82) is 5.26 Å². The monoisotopic (exact) mass is 511 g/mol. The maximum absolute atomic E-state index is 14.5. The van der Waals surface area contributed by atoms with E-state index < -0.39 is 11.5 Å². The van der Waals surface area contributed by atoms with E-state index in [9.17, 15) is 25.4 Å². The normalized spacial score (nSPS) is 49.1. The first-order chi connectivity index (χ1) is 17.0. The van der Waals surface area contributed by atoms with Crippen molar-refractivity contribution in [2.24, 2.45) is 56.2 Å². The number of carbonyl (C=O) groups is 1. The Hall–Kier alpha value is -1.38. The SMILES string of the molecule is CC1(C)CCC2(C(O)CO)CC[C@]3(C)C(C(=O)CC4C5(C)CC(C#N)=C(O)C(C)(C)C5CCC43C)C2C1. The molecule has 37 heavy (non-hydrogen) atoms. The third-order valence-corrected chi connectivity index (χ3v) is 13.6. The van der Waals surface area contributed by atoms with Gasteiger partial charge in [0.1, 0.15) is 11.5 Å². The van der Waals surface area contributed by atoms with Gasteiger partial charge in [-0.25, -0.2) is 0 Å². The van der Waals surface area contributed by atoms with Crippen LogP contribution < -0.4 is 0 Å². The number of hydrogen-bond acceptors (Lipinski definition) is 5. The van der Waals surface area contributed by atoms with Gasteiger partial charge in [-0.2, -0.15) is 5.26 Å². The van der Waals surface area contributed by atoms with Gasteiger partial charge in [-0.3, -0.25) is 4.79 Å². The number of Topliss-reactive ketones (excluding diaryl/α,β-unsaturated/α-hetero) is 1. The number of allylic oxidation sites excluding steroid dienone is 2. The number of aliphatic hydroxyl groups is 3. The Morgan fingerprint density at radius 2 is 1.62 bits per heavy atom. The zero-order valence-corrected chi connectivity index (χ0v) is 24.2. The minimum Gasteiger partial charge on any atom is -0.511 e. The summed E-state index contributed by atoms with van der Waals surface area (Å²) in [5.41, 5.74) is -0.764. The summed E-state index contributed by atoms with van der Waals surface area (Å²) in [5.74, 6) is 0.913. The van der Waals surface area contributed by atoms with Crippen LogP contribution in [0.3, 0.4) is 0 Å². The predicted molar refractivity (Wildman–Crippen MR) is 143 cm³/mol. The Bertz CT molecular complexity index is 1070. The highest BCUT2D eigenvalue weighted by atomic mass is 16.3. The lowest BCUT2D eigenvalue weighted by Gasteiger charge is -2.72. The molecule has 9 atom stereocenters. The van der Waals surface area contributed by atoms with Crippen molar-refractivity contribution >= 4 is 5.78 Å². The highest BCUT2D eigenvalue weighted by molar-refractivity contribution is 5.84. The lowest BCUT2D eigenvalue weighted by atomic mass is 9.31. The summed E-state index contributed by atoms with van der Waals surface area (Å²) < 4.78 is 0. The third kappa shape index (κ3) is 3.30. The van der Waals surface area contributed by atoms with Crippen molar-refractivity contribution in [3.63, 3.8) is 0 Å². The molecule has 4 saturated carbocycles. The predicted octanol–water partition coefficient (Wildman–Crippen LogP) is 6.35. The molecule has 0 aliphatic heterocycles. The second-order valence-electron chi connectivity index (χ2n) is 15.9. The zero-order chi connectivity index (χ0) is 27.4. The molecule has 8 unspecified atom stereocenters. The maximum atomic E-state index is 14.5. The van der Waals surface area contributed by atoms with E-state index in [1.165, 1.54) is 0 Å². The Kier molecular flexibility index (Phi) is 5.93. The second-order valence-corrected chi connectivity index (χ2v) is 15.9. The zero-order valence-electron chi connectivity index (χ0n) is 24.2. The Balaban J connectivity index is 1.62. The van der Waals surface area contributed by atoms with Crippen molar-refractivity contribution in [3.05, 3.63) is 11.3 Å². The molecule has 0 heterocycles. The van der Waals surface area contributed by atoms with E-state index >= 15 is 0 Å². The van der Waals surface area contributed by atoms with Crippen LogP contribution in [0.15, 0.2) is 11.3 Å². The van der Waals surface area contributed by atoms with Crippen LogP contribution in [-0.4, -0.2) is 33.8 Å². The largest absolute Gasteiger partial charge is 0.511 e. The fourth-order valence-corrected chi connectivity index (χ4v) is 11.4. The third-order valence-electron chi connectivity index (χ3n) is 13.6. The van der Waals surface area contributed by atoms with Gasteiger partial charge in [0.2, 0.25) is 0 Å². The average molecular weight is 512 g/mol. The quantitative estimate of drug-likeness (QED) is 0.401. The van der Waals surface area contributed by atoms with E-state index in [2.05, 4.69) is 54.5 Å².